The van der Waals surface area contributed by atoms with Gasteiger partial charge in [-0.3, -0.25) is 4.79 Å². The van der Waals surface area contributed by atoms with Crippen LogP contribution in [0.15, 0.2) is 36.4 Å². The molecule has 0 saturated carbocycles. The molecule has 0 saturated heterocycles. The minimum Gasteiger partial charge on any atom is -0.507 e. The van der Waals surface area contributed by atoms with Crippen LogP contribution in [0.1, 0.15) is 23.2 Å². The van der Waals surface area contributed by atoms with Crippen LogP contribution in [0.25, 0.3) is 22.5 Å². The van der Waals surface area contributed by atoms with Crippen molar-refractivity contribution in [2.24, 2.45) is 0 Å². The van der Waals surface area contributed by atoms with Crippen molar-refractivity contribution in [1.29, 1.82) is 0 Å². The maximum absolute atomic E-state index is 12.9. The van der Waals surface area contributed by atoms with Crippen LogP contribution in [0.5, 0.6) is 11.5 Å². The first kappa shape index (κ1) is 25.1. The van der Waals surface area contributed by atoms with Crippen molar-refractivity contribution in [2.75, 3.05) is 47.9 Å². The molecule has 10 heteroatoms. The summed E-state index contributed by atoms with van der Waals surface area (Å²) < 4.78 is 6.66. The summed E-state index contributed by atoms with van der Waals surface area (Å²) in [6.45, 7) is 2.60. The Balaban J connectivity index is 1.89. The van der Waals surface area contributed by atoms with E-state index in [2.05, 4.69) is 20.4 Å². The first-order valence-electron chi connectivity index (χ1n) is 11.1. The van der Waals surface area contributed by atoms with Crippen molar-refractivity contribution in [3.8, 4) is 34.0 Å². The van der Waals surface area contributed by atoms with Crippen LogP contribution in [0, 0.1) is 0 Å². The highest BCUT2D eigenvalue weighted by atomic mass is 16.5. The van der Waals surface area contributed by atoms with E-state index in [1.54, 1.807) is 54.1 Å². The number of rotatable bonds is 11. The van der Waals surface area contributed by atoms with Gasteiger partial charge in [0.15, 0.2) is 5.82 Å². The first-order chi connectivity index (χ1) is 16.3. The first-order valence-corrected chi connectivity index (χ1v) is 11.1. The van der Waals surface area contributed by atoms with Crippen LogP contribution in [-0.2, 0) is 11.3 Å². The Labute approximate surface area is 199 Å². The molecule has 2 aromatic carbocycles. The Morgan fingerprint density at radius 1 is 1.03 bits per heavy atom. The minimum absolute atomic E-state index is 0.0961. The Kier molecular flexibility index (Phi) is 8.55. The third kappa shape index (κ3) is 6.09. The molecule has 3 rings (SSSR count). The van der Waals surface area contributed by atoms with Gasteiger partial charge in [-0.25, -0.2) is 4.68 Å². The van der Waals surface area contributed by atoms with E-state index in [-0.39, 0.29) is 17.4 Å². The standard InChI is InChI=1S/C24H32N6O4/c1-28(2)10-6-11-29(3)24(33)18-9-5-8-17(14-18)19-15-20(22(32)16-21(19)31)23-25-26-27-30(23)12-7-13-34-4/h5,8-9,14-16,31-32H,6-7,10-13H2,1-4H3. The average Bonchev–Trinajstić information content (AvgIpc) is 3.27. The van der Waals surface area contributed by atoms with Gasteiger partial charge >= 0.3 is 0 Å². The molecule has 182 valence electrons. The Hall–Kier alpha value is -3.50. The number of hydrogen-bond donors (Lipinski definition) is 2. The number of aryl methyl sites for hydroxylation is 1. The number of hydrogen-bond acceptors (Lipinski definition) is 8. The van der Waals surface area contributed by atoms with E-state index in [4.69, 9.17) is 4.74 Å². The fourth-order valence-corrected chi connectivity index (χ4v) is 3.66. The second-order valence-corrected chi connectivity index (χ2v) is 8.42. The number of benzene rings is 2. The van der Waals surface area contributed by atoms with Crippen molar-refractivity contribution >= 4 is 5.91 Å². The van der Waals surface area contributed by atoms with Crippen molar-refractivity contribution < 1.29 is 19.7 Å². The van der Waals surface area contributed by atoms with Gasteiger partial charge in [0.05, 0.1) is 5.56 Å². The van der Waals surface area contributed by atoms with Gasteiger partial charge in [-0.2, -0.15) is 0 Å². The molecule has 1 heterocycles. The van der Waals surface area contributed by atoms with Gasteiger partial charge in [0, 0.05) is 51.0 Å². The van der Waals surface area contributed by atoms with E-state index in [0.717, 1.165) is 13.0 Å². The molecule has 34 heavy (non-hydrogen) atoms. The molecule has 2 N–H and O–H groups in total. The second kappa shape index (κ2) is 11.6. The van der Waals surface area contributed by atoms with Gasteiger partial charge in [0.1, 0.15) is 11.5 Å². The molecule has 0 aliphatic heterocycles. The van der Waals surface area contributed by atoms with Crippen molar-refractivity contribution in [3.05, 3.63) is 42.0 Å². The molecular weight excluding hydrogens is 436 g/mol. The average molecular weight is 469 g/mol. The molecule has 0 aliphatic carbocycles. The van der Waals surface area contributed by atoms with Crippen LogP contribution in [-0.4, -0.2) is 94.1 Å². The summed E-state index contributed by atoms with van der Waals surface area (Å²) >= 11 is 0. The fraction of sp³-hybridized carbons (Fsp3) is 0.417. The van der Waals surface area contributed by atoms with Gasteiger partial charge < -0.3 is 24.7 Å². The quantitative estimate of drug-likeness (QED) is 0.412. The number of ether oxygens (including phenoxy) is 1. The summed E-state index contributed by atoms with van der Waals surface area (Å²) in [5.41, 5.74) is 2.00. The van der Waals surface area contributed by atoms with Gasteiger partial charge in [0.2, 0.25) is 0 Å². The molecule has 0 atom stereocenters. The molecule has 0 bridgehead atoms. The minimum atomic E-state index is -0.142. The van der Waals surface area contributed by atoms with Crippen molar-refractivity contribution in [3.63, 3.8) is 0 Å². The largest absolute Gasteiger partial charge is 0.507 e. The second-order valence-electron chi connectivity index (χ2n) is 8.42. The number of aromatic hydroxyl groups is 2. The third-order valence-corrected chi connectivity index (χ3v) is 5.47. The number of tetrazole rings is 1. The molecule has 0 unspecified atom stereocenters. The zero-order valence-electron chi connectivity index (χ0n) is 20.1. The highest BCUT2D eigenvalue weighted by Gasteiger charge is 2.19. The Bertz CT molecular complexity index is 1110. The molecule has 3 aromatic rings. The van der Waals surface area contributed by atoms with Crippen LogP contribution < -0.4 is 0 Å². The number of amides is 1. The normalized spacial score (nSPS) is 11.2. The summed E-state index contributed by atoms with van der Waals surface area (Å²) in [6, 6.07) is 9.97. The molecule has 0 radical (unpaired) electrons. The SMILES string of the molecule is COCCCn1nnnc1-c1cc(-c2cccc(C(=O)N(C)CCCN(C)C)c2)c(O)cc1O. The fourth-order valence-electron chi connectivity index (χ4n) is 3.66. The molecular formula is C24H32N6O4. The lowest BCUT2D eigenvalue weighted by atomic mass is 9.98. The zero-order valence-corrected chi connectivity index (χ0v) is 20.1. The zero-order chi connectivity index (χ0) is 24.7. The van der Waals surface area contributed by atoms with Gasteiger partial charge in [-0.15, -0.1) is 5.10 Å². The van der Waals surface area contributed by atoms with Crippen molar-refractivity contribution in [1.82, 2.24) is 30.0 Å². The third-order valence-electron chi connectivity index (χ3n) is 5.47. The monoisotopic (exact) mass is 468 g/mol. The highest BCUT2D eigenvalue weighted by Crippen LogP contribution is 2.39. The molecule has 0 aliphatic rings. The van der Waals surface area contributed by atoms with E-state index in [1.807, 2.05) is 14.1 Å². The number of phenols is 2. The number of nitrogens with zero attached hydrogens (tertiary/aromatic N) is 6. The Morgan fingerprint density at radius 3 is 2.53 bits per heavy atom. The maximum Gasteiger partial charge on any atom is 0.253 e. The number of carbonyl (C=O) groups is 1. The molecule has 0 fully saturated rings. The number of aromatic nitrogens is 4. The lowest BCUT2D eigenvalue weighted by Gasteiger charge is -2.19. The van der Waals surface area contributed by atoms with Gasteiger partial charge in [-0.1, -0.05) is 12.1 Å². The predicted molar refractivity (Wildman–Crippen MR) is 129 cm³/mol. The summed E-state index contributed by atoms with van der Waals surface area (Å²) in [6.07, 6.45) is 1.57. The summed E-state index contributed by atoms with van der Waals surface area (Å²) in [7, 11) is 7.41. The summed E-state index contributed by atoms with van der Waals surface area (Å²) in [4.78, 5) is 16.7. The van der Waals surface area contributed by atoms with E-state index in [9.17, 15) is 15.0 Å². The molecule has 0 spiro atoms. The lowest BCUT2D eigenvalue weighted by Crippen LogP contribution is -2.29. The van der Waals surface area contributed by atoms with Crippen LogP contribution in [0.3, 0.4) is 0 Å². The topological polar surface area (TPSA) is 117 Å². The number of methoxy groups -OCH3 is 1. The predicted octanol–water partition coefficient (Wildman–Crippen LogP) is 2.48. The molecule has 10 nitrogen and oxygen atoms in total. The van der Waals surface area contributed by atoms with E-state index >= 15 is 0 Å². The number of phenolic OH excluding ortho intramolecular Hbond substituents is 2. The van der Waals surface area contributed by atoms with E-state index < -0.39 is 0 Å². The molecule has 1 aromatic heterocycles. The number of carbonyl (C=O) groups excluding carboxylic acids is 1. The van der Waals surface area contributed by atoms with Crippen LogP contribution >= 0.6 is 0 Å². The smallest absolute Gasteiger partial charge is 0.253 e. The van der Waals surface area contributed by atoms with E-state index in [1.165, 1.54) is 6.07 Å². The summed E-state index contributed by atoms with van der Waals surface area (Å²) in [5.74, 6) is 0.0318. The van der Waals surface area contributed by atoms with E-state index in [0.29, 0.717) is 54.2 Å². The van der Waals surface area contributed by atoms with Gasteiger partial charge in [0.25, 0.3) is 5.91 Å². The Morgan fingerprint density at radius 2 is 1.79 bits per heavy atom. The maximum atomic E-state index is 12.9. The molecule has 1 amide bonds. The lowest BCUT2D eigenvalue weighted by molar-refractivity contribution is 0.0790. The summed E-state index contributed by atoms with van der Waals surface area (Å²) in [5, 5.41) is 32.9. The highest BCUT2D eigenvalue weighted by molar-refractivity contribution is 5.95. The van der Waals surface area contributed by atoms with Crippen LogP contribution in [0.4, 0.5) is 0 Å². The van der Waals surface area contributed by atoms with Crippen molar-refractivity contribution in [2.45, 2.75) is 19.4 Å². The van der Waals surface area contributed by atoms with Crippen LogP contribution in [0.2, 0.25) is 0 Å². The van der Waals surface area contributed by atoms with Gasteiger partial charge in [-0.05, 0) is 67.7 Å².